The van der Waals surface area contributed by atoms with Crippen molar-refractivity contribution in [2.75, 3.05) is 0 Å². The Morgan fingerprint density at radius 1 is 1.38 bits per heavy atom. The molecule has 6 heteroatoms. The fraction of sp³-hybridized carbons (Fsp3) is 0.300. The van der Waals surface area contributed by atoms with Gasteiger partial charge >= 0.3 is 0 Å². The van der Waals surface area contributed by atoms with E-state index in [9.17, 15) is 19.8 Å². The van der Waals surface area contributed by atoms with Crippen LogP contribution in [0.5, 0.6) is 0 Å². The van der Waals surface area contributed by atoms with E-state index < -0.39 is 18.1 Å². The number of rotatable bonds is 4. The molecule has 0 radical (unpaired) electrons. The third kappa shape index (κ3) is 2.62. The molecule has 1 aromatic rings. The van der Waals surface area contributed by atoms with Gasteiger partial charge < -0.3 is 15.9 Å². The van der Waals surface area contributed by atoms with Crippen LogP contribution in [0.2, 0.25) is 0 Å². The minimum Gasteiger partial charge on any atom is -0.385 e. The molecule has 6 nitrogen and oxygen atoms in total. The lowest BCUT2D eigenvalue weighted by Crippen LogP contribution is -2.33. The van der Waals surface area contributed by atoms with E-state index in [2.05, 4.69) is 4.98 Å². The first-order valence-corrected chi connectivity index (χ1v) is 4.56. The number of pyridine rings is 1. The molecular formula is C10H12N2O4. The predicted octanol–water partition coefficient (Wildman–Crippen LogP) is -0.836. The van der Waals surface area contributed by atoms with Crippen molar-refractivity contribution in [3.63, 3.8) is 0 Å². The van der Waals surface area contributed by atoms with Crippen LogP contribution in [-0.2, 0) is 4.79 Å². The molecular weight excluding hydrogens is 212 g/mol. The van der Waals surface area contributed by atoms with Gasteiger partial charge in [0.1, 0.15) is 11.8 Å². The predicted molar refractivity (Wildman–Crippen MR) is 54.4 cm³/mol. The molecule has 1 rings (SSSR count). The third-order valence-electron chi connectivity index (χ3n) is 2.08. The summed E-state index contributed by atoms with van der Waals surface area (Å²) in [4.78, 5) is 25.3. The second-order valence-corrected chi connectivity index (χ2v) is 3.33. The first kappa shape index (κ1) is 12.3. The van der Waals surface area contributed by atoms with Gasteiger partial charge in [-0.3, -0.25) is 14.6 Å². The molecule has 0 spiro atoms. The van der Waals surface area contributed by atoms with Crippen LogP contribution in [0.1, 0.15) is 29.1 Å². The van der Waals surface area contributed by atoms with E-state index in [0.717, 1.165) is 0 Å². The molecule has 0 aliphatic heterocycles. The highest BCUT2D eigenvalue weighted by Crippen LogP contribution is 2.16. The summed E-state index contributed by atoms with van der Waals surface area (Å²) >= 11 is 0. The van der Waals surface area contributed by atoms with Crippen molar-refractivity contribution < 1.29 is 19.8 Å². The number of hydrogen-bond donors (Lipinski definition) is 3. The Balaban J connectivity index is 2.89. The molecule has 0 fully saturated rings. The molecule has 16 heavy (non-hydrogen) atoms. The van der Waals surface area contributed by atoms with Crippen molar-refractivity contribution in [2.24, 2.45) is 5.73 Å². The normalized spacial score (nSPS) is 14.2. The first-order valence-electron chi connectivity index (χ1n) is 4.56. The summed E-state index contributed by atoms with van der Waals surface area (Å²) in [5.74, 6) is -1.24. The van der Waals surface area contributed by atoms with Gasteiger partial charge in [0.15, 0.2) is 11.9 Å². The van der Waals surface area contributed by atoms with Crippen LogP contribution in [0.3, 0.4) is 0 Å². The highest BCUT2D eigenvalue weighted by atomic mass is 16.3. The number of amides is 1. The lowest BCUT2D eigenvalue weighted by atomic mass is 10.1. The Hall–Kier alpha value is -1.79. The molecule has 2 atom stereocenters. The van der Waals surface area contributed by atoms with Gasteiger partial charge in [-0.1, -0.05) is 6.07 Å². The number of hydrogen-bond acceptors (Lipinski definition) is 5. The molecule has 2 unspecified atom stereocenters. The van der Waals surface area contributed by atoms with Crippen LogP contribution in [0, 0.1) is 0 Å². The topological polar surface area (TPSA) is 114 Å². The number of carbonyl (C=O) groups excluding carboxylic acids is 2. The van der Waals surface area contributed by atoms with E-state index in [1.165, 1.54) is 25.3 Å². The second-order valence-electron chi connectivity index (χ2n) is 3.33. The summed E-state index contributed by atoms with van der Waals surface area (Å²) in [6.07, 6.45) is -1.91. The molecule has 4 N–H and O–H groups in total. The molecule has 1 aromatic heterocycles. The maximum absolute atomic E-state index is 10.9. The summed E-state index contributed by atoms with van der Waals surface area (Å²) in [6.45, 7) is 1.36. The van der Waals surface area contributed by atoms with Gasteiger partial charge in [0.2, 0.25) is 5.91 Å². The number of aliphatic hydroxyl groups excluding tert-OH is 2. The number of Topliss-reactive ketones (excluding diaryl/α,β-unsaturated/α-hetero) is 1. The monoisotopic (exact) mass is 224 g/mol. The summed E-state index contributed by atoms with van der Waals surface area (Å²) in [5, 5.41) is 18.7. The first-order chi connectivity index (χ1) is 7.43. The molecule has 0 saturated heterocycles. The maximum atomic E-state index is 10.9. The van der Waals surface area contributed by atoms with Crippen LogP contribution in [0.25, 0.3) is 0 Å². The molecule has 1 heterocycles. The molecule has 86 valence electrons. The summed E-state index contributed by atoms with van der Waals surface area (Å²) in [5.41, 5.74) is 5.29. The zero-order valence-corrected chi connectivity index (χ0v) is 8.62. The van der Waals surface area contributed by atoms with E-state index in [-0.39, 0.29) is 17.0 Å². The second kappa shape index (κ2) is 4.82. The quantitative estimate of drug-likeness (QED) is 0.577. The number of primary amides is 1. The van der Waals surface area contributed by atoms with E-state index >= 15 is 0 Å². The number of ketones is 1. The standard InChI is InChI=1S/C10H12N2O4/c1-5(13)7-3-2-6(4-12-7)8(14)9(15)10(11)16/h2-4,8-9,14-15H,1H3,(H2,11,16). The van der Waals surface area contributed by atoms with Gasteiger partial charge in [0.25, 0.3) is 0 Å². The van der Waals surface area contributed by atoms with E-state index in [0.29, 0.717) is 0 Å². The number of aromatic nitrogens is 1. The van der Waals surface area contributed by atoms with Gasteiger partial charge in [-0.15, -0.1) is 0 Å². The van der Waals surface area contributed by atoms with Gasteiger partial charge in [-0.2, -0.15) is 0 Å². The van der Waals surface area contributed by atoms with Crippen molar-refractivity contribution in [2.45, 2.75) is 19.1 Å². The Morgan fingerprint density at radius 3 is 2.38 bits per heavy atom. The Morgan fingerprint density at radius 2 is 2.00 bits per heavy atom. The van der Waals surface area contributed by atoms with Crippen LogP contribution in [0.4, 0.5) is 0 Å². The minimum atomic E-state index is -1.69. The van der Waals surface area contributed by atoms with E-state index in [1.54, 1.807) is 0 Å². The number of nitrogens with zero attached hydrogens (tertiary/aromatic N) is 1. The molecule has 0 bridgehead atoms. The summed E-state index contributed by atoms with van der Waals surface area (Å²) in [6, 6.07) is 2.80. The number of aliphatic hydroxyl groups is 2. The van der Waals surface area contributed by atoms with Crippen molar-refractivity contribution in [3.05, 3.63) is 29.6 Å². The van der Waals surface area contributed by atoms with E-state index in [1.807, 2.05) is 0 Å². The van der Waals surface area contributed by atoms with Gasteiger partial charge in [0, 0.05) is 18.7 Å². The summed E-state index contributed by atoms with van der Waals surface area (Å²) < 4.78 is 0. The van der Waals surface area contributed by atoms with Crippen LogP contribution >= 0.6 is 0 Å². The van der Waals surface area contributed by atoms with Crippen molar-refractivity contribution in [3.8, 4) is 0 Å². The molecule has 1 amide bonds. The highest BCUT2D eigenvalue weighted by Gasteiger charge is 2.23. The van der Waals surface area contributed by atoms with E-state index in [4.69, 9.17) is 5.73 Å². The van der Waals surface area contributed by atoms with Crippen LogP contribution in [0.15, 0.2) is 18.3 Å². The summed E-state index contributed by atoms with van der Waals surface area (Å²) in [7, 11) is 0. The van der Waals surface area contributed by atoms with Gasteiger partial charge in [-0.05, 0) is 6.07 Å². The Kier molecular flexibility index (Phi) is 3.70. The lowest BCUT2D eigenvalue weighted by molar-refractivity contribution is -0.131. The maximum Gasteiger partial charge on any atom is 0.249 e. The fourth-order valence-electron chi connectivity index (χ4n) is 1.13. The zero-order valence-electron chi connectivity index (χ0n) is 8.62. The smallest absolute Gasteiger partial charge is 0.249 e. The highest BCUT2D eigenvalue weighted by molar-refractivity contribution is 5.92. The van der Waals surface area contributed by atoms with Crippen molar-refractivity contribution in [1.82, 2.24) is 4.98 Å². The fourth-order valence-corrected chi connectivity index (χ4v) is 1.13. The van der Waals surface area contributed by atoms with Crippen molar-refractivity contribution in [1.29, 1.82) is 0 Å². The van der Waals surface area contributed by atoms with Crippen LogP contribution < -0.4 is 5.73 Å². The molecule has 0 aromatic carbocycles. The lowest BCUT2D eigenvalue weighted by Gasteiger charge is -2.14. The Bertz CT molecular complexity index is 402. The number of carbonyl (C=O) groups is 2. The number of nitrogens with two attached hydrogens (primary N) is 1. The zero-order chi connectivity index (χ0) is 12.3. The largest absolute Gasteiger partial charge is 0.385 e. The third-order valence-corrected chi connectivity index (χ3v) is 2.08. The SMILES string of the molecule is CC(=O)c1ccc(C(O)C(O)C(N)=O)cn1. The van der Waals surface area contributed by atoms with Gasteiger partial charge in [-0.25, -0.2) is 0 Å². The Labute approximate surface area is 91.7 Å². The van der Waals surface area contributed by atoms with Gasteiger partial charge in [0.05, 0.1) is 0 Å². The average molecular weight is 224 g/mol. The van der Waals surface area contributed by atoms with Crippen molar-refractivity contribution >= 4 is 11.7 Å². The molecule has 0 aliphatic carbocycles. The molecule has 0 aliphatic rings. The minimum absolute atomic E-state index is 0.212. The van der Waals surface area contributed by atoms with Crippen LogP contribution in [-0.4, -0.2) is 33.0 Å². The molecule has 0 saturated carbocycles. The average Bonchev–Trinajstić information content (AvgIpc) is 2.27.